The van der Waals surface area contributed by atoms with Crippen LogP contribution >= 0.6 is 0 Å². The molecular weight excluding hydrogens is 433 g/mol. The van der Waals surface area contributed by atoms with E-state index >= 15 is 0 Å². The number of amides is 2. The molecule has 0 radical (unpaired) electrons. The second kappa shape index (κ2) is 8.70. The number of nitrogens with zero attached hydrogens (tertiary/aromatic N) is 6. The van der Waals surface area contributed by atoms with Crippen molar-refractivity contribution >= 4 is 28.5 Å². The second-order valence-corrected chi connectivity index (χ2v) is 8.09. The van der Waals surface area contributed by atoms with Gasteiger partial charge in [-0.2, -0.15) is 0 Å². The van der Waals surface area contributed by atoms with Crippen molar-refractivity contribution in [2.75, 3.05) is 39.4 Å². The van der Waals surface area contributed by atoms with Crippen LogP contribution in [0.2, 0.25) is 0 Å². The first-order chi connectivity index (χ1) is 16.0. The van der Waals surface area contributed by atoms with Gasteiger partial charge in [-0.1, -0.05) is 5.21 Å². The summed E-state index contributed by atoms with van der Waals surface area (Å²) in [6, 6.07) is 0. The highest BCUT2D eigenvalue weighted by Crippen LogP contribution is 2.26. The molecule has 0 spiro atoms. The zero-order chi connectivity index (χ0) is 22.9. The van der Waals surface area contributed by atoms with Gasteiger partial charge in [-0.3, -0.25) is 14.4 Å². The molecule has 2 saturated heterocycles. The van der Waals surface area contributed by atoms with Crippen LogP contribution in [0.5, 0.6) is 0 Å². The van der Waals surface area contributed by atoms with Crippen molar-refractivity contribution in [1.29, 1.82) is 0 Å². The Labute approximate surface area is 187 Å². The molecule has 1 N–H and O–H groups in total. The fraction of sp³-hybridized carbons (Fsp3) is 0.429. The van der Waals surface area contributed by atoms with E-state index in [1.54, 1.807) is 4.90 Å². The van der Waals surface area contributed by atoms with E-state index in [-0.39, 0.29) is 47.2 Å². The number of nitrogens with one attached hydrogen (secondary N) is 1. The highest BCUT2D eigenvalue weighted by molar-refractivity contribution is 6.45. The topological polar surface area (TPSA) is 126 Å². The van der Waals surface area contributed by atoms with Gasteiger partial charge in [0, 0.05) is 39.0 Å². The minimum absolute atomic E-state index is 0.0277. The van der Waals surface area contributed by atoms with Crippen LogP contribution in [0.4, 0.5) is 4.39 Å². The molecule has 33 heavy (non-hydrogen) atoms. The maximum Gasteiger partial charge on any atom is 0.295 e. The lowest BCUT2D eigenvalue weighted by atomic mass is 10.0. The van der Waals surface area contributed by atoms with Crippen molar-refractivity contribution in [2.45, 2.75) is 12.8 Å². The lowest BCUT2D eigenvalue weighted by molar-refractivity contribution is -0.143. The van der Waals surface area contributed by atoms with Crippen molar-refractivity contribution in [1.82, 2.24) is 34.8 Å². The molecule has 1 atom stereocenters. The summed E-state index contributed by atoms with van der Waals surface area (Å²) >= 11 is 0. The second-order valence-electron chi connectivity index (χ2n) is 8.09. The SMILES string of the molecule is O=C(C(=O)N1CCN(C(=O)C2CCCOC2)CC1)c1c[nH]c2c(-n3ccnn3)ncc(F)c12. The zero-order valence-corrected chi connectivity index (χ0v) is 17.7. The summed E-state index contributed by atoms with van der Waals surface area (Å²) in [5.41, 5.74) is 0.163. The summed E-state index contributed by atoms with van der Waals surface area (Å²) in [6.45, 7) is 2.27. The normalized spacial score (nSPS) is 19.1. The number of rotatable bonds is 4. The van der Waals surface area contributed by atoms with Gasteiger partial charge in [0.15, 0.2) is 11.6 Å². The van der Waals surface area contributed by atoms with E-state index in [4.69, 9.17) is 4.74 Å². The zero-order valence-electron chi connectivity index (χ0n) is 17.7. The molecule has 5 rings (SSSR count). The van der Waals surface area contributed by atoms with Crippen LogP contribution in [-0.4, -0.2) is 91.8 Å². The van der Waals surface area contributed by atoms with E-state index in [0.717, 1.165) is 19.0 Å². The molecule has 2 aliphatic rings. The predicted octanol–water partition coefficient (Wildman–Crippen LogP) is 0.563. The van der Waals surface area contributed by atoms with Gasteiger partial charge >= 0.3 is 0 Å². The van der Waals surface area contributed by atoms with E-state index in [2.05, 4.69) is 20.3 Å². The van der Waals surface area contributed by atoms with Gasteiger partial charge < -0.3 is 19.5 Å². The minimum Gasteiger partial charge on any atom is -0.381 e. The van der Waals surface area contributed by atoms with Crippen molar-refractivity contribution in [3.05, 3.63) is 36.2 Å². The Bertz CT molecular complexity index is 1190. The van der Waals surface area contributed by atoms with Crippen LogP contribution in [0, 0.1) is 11.7 Å². The summed E-state index contributed by atoms with van der Waals surface area (Å²) in [6.07, 6.45) is 6.92. The average molecular weight is 455 g/mol. The molecule has 2 aliphatic heterocycles. The molecule has 12 heteroatoms. The third kappa shape index (κ3) is 3.86. The Morgan fingerprint density at radius 2 is 1.94 bits per heavy atom. The lowest BCUT2D eigenvalue weighted by Gasteiger charge is -2.36. The molecular formula is C21H22FN7O4. The fourth-order valence-corrected chi connectivity index (χ4v) is 4.35. The Hall–Kier alpha value is -3.67. The summed E-state index contributed by atoms with van der Waals surface area (Å²) < 4.78 is 21.4. The summed E-state index contributed by atoms with van der Waals surface area (Å²) in [5.74, 6) is -2.14. The Balaban J connectivity index is 1.31. The number of hydrogen-bond acceptors (Lipinski definition) is 7. The number of aromatic amines is 1. The highest BCUT2D eigenvalue weighted by atomic mass is 19.1. The number of hydrogen-bond donors (Lipinski definition) is 1. The maximum absolute atomic E-state index is 14.6. The summed E-state index contributed by atoms with van der Waals surface area (Å²) in [5, 5.41) is 7.53. The Morgan fingerprint density at radius 1 is 1.15 bits per heavy atom. The molecule has 3 aromatic heterocycles. The third-order valence-corrected chi connectivity index (χ3v) is 6.11. The molecule has 11 nitrogen and oxygen atoms in total. The van der Waals surface area contributed by atoms with Crippen molar-refractivity contribution in [3.8, 4) is 5.82 Å². The van der Waals surface area contributed by atoms with E-state index in [0.29, 0.717) is 26.3 Å². The van der Waals surface area contributed by atoms with Crippen LogP contribution < -0.4 is 0 Å². The minimum atomic E-state index is -0.823. The molecule has 172 valence electrons. The number of carbonyl (C=O) groups excluding carboxylic acids is 3. The van der Waals surface area contributed by atoms with Crippen LogP contribution in [0.1, 0.15) is 23.2 Å². The van der Waals surface area contributed by atoms with E-state index in [1.165, 1.54) is 28.2 Å². The Kier molecular flexibility index (Phi) is 5.58. The molecule has 2 fully saturated rings. The third-order valence-electron chi connectivity index (χ3n) is 6.11. The summed E-state index contributed by atoms with van der Waals surface area (Å²) in [7, 11) is 0. The van der Waals surface area contributed by atoms with Gasteiger partial charge in [-0.15, -0.1) is 5.10 Å². The average Bonchev–Trinajstić information content (AvgIpc) is 3.55. The lowest BCUT2D eigenvalue weighted by Crippen LogP contribution is -2.53. The molecule has 0 saturated carbocycles. The molecule has 3 aromatic rings. The fourth-order valence-electron chi connectivity index (χ4n) is 4.35. The number of halogens is 1. The number of ketones is 1. The Morgan fingerprint density at radius 3 is 2.64 bits per heavy atom. The van der Waals surface area contributed by atoms with Crippen LogP contribution in [0.25, 0.3) is 16.7 Å². The standard InChI is InChI=1S/C21H22FN7O4/c22-15-11-24-19(29-4-3-25-26-29)17-16(15)14(10-23-17)18(30)21(32)28-7-5-27(6-8-28)20(31)13-2-1-9-33-12-13/h3-4,10-11,13,23H,1-2,5-9,12H2. The molecule has 0 aliphatic carbocycles. The number of aromatic nitrogens is 5. The highest BCUT2D eigenvalue weighted by Gasteiger charge is 2.33. The number of piperazine rings is 1. The summed E-state index contributed by atoms with van der Waals surface area (Å²) in [4.78, 5) is 48.6. The predicted molar refractivity (Wildman–Crippen MR) is 112 cm³/mol. The number of carbonyl (C=O) groups is 3. The van der Waals surface area contributed by atoms with Gasteiger partial charge in [-0.05, 0) is 12.8 Å². The number of pyridine rings is 1. The number of Topliss-reactive ketones (excluding diaryl/α,β-unsaturated/α-hetero) is 1. The number of H-pyrrole nitrogens is 1. The van der Waals surface area contributed by atoms with Crippen LogP contribution in [0.15, 0.2) is 24.8 Å². The van der Waals surface area contributed by atoms with E-state index < -0.39 is 17.5 Å². The smallest absolute Gasteiger partial charge is 0.295 e. The quantitative estimate of drug-likeness (QED) is 0.450. The molecule has 0 bridgehead atoms. The monoisotopic (exact) mass is 455 g/mol. The molecule has 1 unspecified atom stereocenters. The number of ether oxygens (including phenoxy) is 1. The molecule has 0 aromatic carbocycles. The van der Waals surface area contributed by atoms with Gasteiger partial charge in [0.2, 0.25) is 5.91 Å². The van der Waals surface area contributed by atoms with Crippen molar-refractivity contribution in [2.24, 2.45) is 5.92 Å². The van der Waals surface area contributed by atoms with Gasteiger partial charge in [0.1, 0.15) is 0 Å². The molecule has 5 heterocycles. The first kappa shape index (κ1) is 21.2. The molecule has 2 amide bonds. The van der Waals surface area contributed by atoms with Crippen LogP contribution in [0.3, 0.4) is 0 Å². The van der Waals surface area contributed by atoms with Crippen molar-refractivity contribution < 1.29 is 23.5 Å². The largest absolute Gasteiger partial charge is 0.381 e. The number of fused-ring (bicyclic) bond motifs is 1. The van der Waals surface area contributed by atoms with Gasteiger partial charge in [0.25, 0.3) is 11.7 Å². The van der Waals surface area contributed by atoms with Crippen LogP contribution in [-0.2, 0) is 14.3 Å². The van der Waals surface area contributed by atoms with Crippen molar-refractivity contribution in [3.63, 3.8) is 0 Å². The van der Waals surface area contributed by atoms with Gasteiger partial charge in [0.05, 0.1) is 47.6 Å². The first-order valence-electron chi connectivity index (χ1n) is 10.8. The maximum atomic E-state index is 14.6. The van der Waals surface area contributed by atoms with E-state index in [9.17, 15) is 18.8 Å². The van der Waals surface area contributed by atoms with Gasteiger partial charge in [-0.25, -0.2) is 14.1 Å². The first-order valence-corrected chi connectivity index (χ1v) is 10.8. The van der Waals surface area contributed by atoms with E-state index in [1.807, 2.05) is 0 Å².